The van der Waals surface area contributed by atoms with Gasteiger partial charge in [-0.05, 0) is 58.5 Å². The number of hydrogen-bond donors (Lipinski definition) is 3. The summed E-state index contributed by atoms with van der Waals surface area (Å²) in [4.78, 5) is 48.7. The number of carboxylic acids is 3. The first-order valence-corrected chi connectivity index (χ1v) is 14.9. The highest BCUT2D eigenvalue weighted by Crippen LogP contribution is 2.16. The Morgan fingerprint density at radius 2 is 1.14 bits per heavy atom. The molecule has 0 atom stereocenters. The lowest BCUT2D eigenvalue weighted by Crippen LogP contribution is -2.36. The van der Waals surface area contributed by atoms with Crippen molar-refractivity contribution in [2.75, 3.05) is 72.8 Å². The molecule has 2 heterocycles. The van der Waals surface area contributed by atoms with Crippen molar-refractivity contribution in [3.8, 4) is 0 Å². The summed E-state index contributed by atoms with van der Waals surface area (Å²) >= 11 is 0. The molecule has 2 saturated heterocycles. The number of aliphatic carboxylic acids is 3. The van der Waals surface area contributed by atoms with Crippen LogP contribution in [0.2, 0.25) is 0 Å². The minimum absolute atomic E-state index is 0.0238. The van der Waals surface area contributed by atoms with E-state index < -0.39 is 23.9 Å². The average Bonchev–Trinajstić information content (AvgIpc) is 2.98. The molecule has 0 amide bonds. The number of rotatable bonds is 18. The summed E-state index contributed by atoms with van der Waals surface area (Å²) in [5.41, 5.74) is 0.199. The molecular weight excluding hydrogens is 548 g/mol. The molecule has 0 spiro atoms. The molecule has 3 N–H and O–H groups in total. The first-order chi connectivity index (χ1) is 20.1. The number of carbonyl (C=O) groups is 4. The number of carbonyl (C=O) groups excluding carboxylic acids is 1. The maximum Gasteiger partial charge on any atom is 0.333 e. The van der Waals surface area contributed by atoms with Gasteiger partial charge in [-0.2, -0.15) is 0 Å². The van der Waals surface area contributed by atoms with Gasteiger partial charge in [0.05, 0.1) is 33.5 Å². The van der Waals surface area contributed by atoms with Gasteiger partial charge in [-0.25, -0.2) is 19.2 Å². The number of unbranched alkanes of at least 4 members (excludes halogenated alkanes) is 6. The highest BCUT2D eigenvalue weighted by Gasteiger charge is 2.16. The van der Waals surface area contributed by atoms with Gasteiger partial charge >= 0.3 is 23.9 Å². The summed E-state index contributed by atoms with van der Waals surface area (Å²) in [5, 5.41) is 26.6. The number of esters is 1. The Kier molecular flexibility index (Phi) is 20.2. The van der Waals surface area contributed by atoms with Crippen molar-refractivity contribution < 1.29 is 48.7 Å². The third-order valence-electron chi connectivity index (χ3n) is 7.31. The minimum atomic E-state index is -1.15. The number of methoxy groups -OCH3 is 1. The summed E-state index contributed by atoms with van der Waals surface area (Å²) < 4.78 is 15.2. The lowest BCUT2D eigenvalue weighted by atomic mass is 10.0. The molecule has 0 bridgehead atoms. The van der Waals surface area contributed by atoms with E-state index in [1.54, 1.807) is 0 Å². The van der Waals surface area contributed by atoms with Gasteiger partial charge in [0.2, 0.25) is 0 Å². The van der Waals surface area contributed by atoms with E-state index >= 15 is 0 Å². The zero-order valence-corrected chi connectivity index (χ0v) is 25.3. The molecule has 0 saturated carbocycles. The van der Waals surface area contributed by atoms with Crippen molar-refractivity contribution in [1.82, 2.24) is 9.80 Å². The molecule has 12 nitrogen and oxygen atoms in total. The Morgan fingerprint density at radius 1 is 0.690 bits per heavy atom. The van der Waals surface area contributed by atoms with E-state index in [1.165, 1.54) is 14.0 Å². The van der Waals surface area contributed by atoms with Gasteiger partial charge in [-0.3, -0.25) is 9.80 Å². The fourth-order valence-corrected chi connectivity index (χ4v) is 4.74. The summed E-state index contributed by atoms with van der Waals surface area (Å²) in [6.45, 7) is 10.7. The van der Waals surface area contributed by atoms with Crippen molar-refractivity contribution in [1.29, 1.82) is 0 Å². The van der Waals surface area contributed by atoms with Crippen molar-refractivity contribution >= 4 is 23.9 Å². The van der Waals surface area contributed by atoms with Crippen LogP contribution in [0.4, 0.5) is 0 Å². The van der Waals surface area contributed by atoms with Crippen LogP contribution >= 0.6 is 0 Å². The van der Waals surface area contributed by atoms with Gasteiger partial charge in [-0.1, -0.05) is 25.7 Å². The first-order valence-electron chi connectivity index (χ1n) is 14.9. The number of carboxylic acid groups (broad SMARTS) is 3. The molecule has 2 fully saturated rings. The van der Waals surface area contributed by atoms with Crippen LogP contribution in [0.3, 0.4) is 0 Å². The third kappa shape index (κ3) is 17.2. The predicted octanol–water partition coefficient (Wildman–Crippen LogP) is 3.21. The summed E-state index contributed by atoms with van der Waals surface area (Å²) in [6.07, 6.45) is 9.48. The molecule has 42 heavy (non-hydrogen) atoms. The minimum Gasteiger partial charge on any atom is -0.478 e. The number of morpholine rings is 2. The topological polar surface area (TPSA) is 163 Å². The second-order valence-electron chi connectivity index (χ2n) is 10.4. The molecule has 0 unspecified atom stereocenters. The second-order valence-corrected chi connectivity index (χ2v) is 10.4. The summed E-state index contributed by atoms with van der Waals surface area (Å²) in [7, 11) is 1.26. The van der Waals surface area contributed by atoms with Crippen molar-refractivity contribution in [2.24, 2.45) is 0 Å². The van der Waals surface area contributed by atoms with E-state index in [0.717, 1.165) is 123 Å². The number of ether oxygens (including phenoxy) is 3. The Balaban J connectivity index is 0.000000420. The third-order valence-corrected chi connectivity index (χ3v) is 7.31. The van der Waals surface area contributed by atoms with Gasteiger partial charge in [0, 0.05) is 49.0 Å². The van der Waals surface area contributed by atoms with E-state index in [9.17, 15) is 19.2 Å². The molecule has 240 valence electrons. The van der Waals surface area contributed by atoms with E-state index in [1.807, 2.05) is 0 Å². The molecule has 12 heteroatoms. The Bertz CT molecular complexity index is 891. The Morgan fingerprint density at radius 3 is 1.55 bits per heavy atom. The van der Waals surface area contributed by atoms with Crippen LogP contribution in [0.15, 0.2) is 22.8 Å². The van der Waals surface area contributed by atoms with E-state index in [4.69, 9.17) is 24.8 Å². The maximum absolute atomic E-state index is 11.4. The van der Waals surface area contributed by atoms with Gasteiger partial charge in [0.1, 0.15) is 0 Å². The van der Waals surface area contributed by atoms with Crippen molar-refractivity contribution in [3.63, 3.8) is 0 Å². The van der Waals surface area contributed by atoms with E-state index in [0.29, 0.717) is 12.8 Å². The van der Waals surface area contributed by atoms with Gasteiger partial charge in [0.25, 0.3) is 0 Å². The van der Waals surface area contributed by atoms with Crippen LogP contribution in [0, 0.1) is 0 Å². The van der Waals surface area contributed by atoms with Crippen molar-refractivity contribution in [2.45, 2.75) is 71.1 Å². The predicted molar refractivity (Wildman–Crippen MR) is 156 cm³/mol. The molecule has 2 aliphatic heterocycles. The quantitative estimate of drug-likeness (QED) is 0.120. The SMILES string of the molecule is C/C(C(=O)O)=C(/CCCCCCN1CCOCC1)C(=O)O.COC(=O)/C(=C/C(=O)O)CCCCCCN1CCOCC1. The molecule has 0 aromatic rings. The monoisotopic (exact) mass is 598 g/mol. The van der Waals surface area contributed by atoms with Crippen LogP contribution in [-0.2, 0) is 33.4 Å². The molecule has 2 aliphatic rings. The van der Waals surface area contributed by atoms with Gasteiger partial charge in [-0.15, -0.1) is 0 Å². The highest BCUT2D eigenvalue weighted by molar-refractivity contribution is 5.98. The van der Waals surface area contributed by atoms with Crippen molar-refractivity contribution in [3.05, 3.63) is 22.8 Å². The summed E-state index contributed by atoms with van der Waals surface area (Å²) in [5.74, 6) is -3.93. The van der Waals surface area contributed by atoms with Crippen LogP contribution in [0.1, 0.15) is 71.1 Å². The Hall–Kier alpha value is -2.80. The first kappa shape index (κ1) is 37.2. The second kappa shape index (κ2) is 22.8. The van der Waals surface area contributed by atoms with Crippen LogP contribution in [0.25, 0.3) is 0 Å². The molecular formula is C30H50N2O10. The fourth-order valence-electron chi connectivity index (χ4n) is 4.74. The smallest absolute Gasteiger partial charge is 0.333 e. The molecule has 0 aromatic carbocycles. The van der Waals surface area contributed by atoms with Crippen LogP contribution < -0.4 is 0 Å². The van der Waals surface area contributed by atoms with Crippen LogP contribution in [-0.4, -0.2) is 122 Å². The standard InChI is InChI=1S/2C15H25NO5/c1-20-15(19)13(12-14(17)18)6-4-2-3-5-7-16-8-10-21-11-9-16;1-12(14(17)18)13(15(19)20)6-4-2-3-5-7-16-8-10-21-11-9-16/h12H,2-11H2,1H3,(H,17,18);2-11H2,1H3,(H,17,18)(H,19,20)/b2*13-12+. The largest absolute Gasteiger partial charge is 0.478 e. The lowest BCUT2D eigenvalue weighted by Gasteiger charge is -2.26. The molecule has 0 aliphatic carbocycles. The van der Waals surface area contributed by atoms with E-state index in [2.05, 4.69) is 14.5 Å². The summed E-state index contributed by atoms with van der Waals surface area (Å²) in [6, 6.07) is 0. The lowest BCUT2D eigenvalue weighted by molar-refractivity contribution is -0.137. The molecule has 0 radical (unpaired) electrons. The van der Waals surface area contributed by atoms with Crippen LogP contribution in [0.5, 0.6) is 0 Å². The normalized spacial score (nSPS) is 17.0. The average molecular weight is 599 g/mol. The zero-order valence-electron chi connectivity index (χ0n) is 25.3. The fraction of sp³-hybridized carbons (Fsp3) is 0.733. The number of hydrogen-bond acceptors (Lipinski definition) is 9. The van der Waals surface area contributed by atoms with E-state index in [-0.39, 0.29) is 16.7 Å². The molecule has 0 aromatic heterocycles. The Labute approximate surface area is 249 Å². The zero-order chi connectivity index (χ0) is 31.2. The van der Waals surface area contributed by atoms with Gasteiger partial charge < -0.3 is 29.5 Å². The highest BCUT2D eigenvalue weighted by atomic mass is 16.5. The van der Waals surface area contributed by atoms with Gasteiger partial charge in [0.15, 0.2) is 0 Å². The maximum atomic E-state index is 11.4. The molecule has 2 rings (SSSR count). The number of nitrogens with zero attached hydrogens (tertiary/aromatic N) is 2.